The predicted octanol–water partition coefficient (Wildman–Crippen LogP) is 6.86. The van der Waals surface area contributed by atoms with Gasteiger partial charge in [0.05, 0.1) is 0 Å². The predicted molar refractivity (Wildman–Crippen MR) is 109 cm³/mol. The molecule has 1 fully saturated rings. The minimum Gasteiger partial charge on any atom is -0.205 e. The summed E-state index contributed by atoms with van der Waals surface area (Å²) < 4.78 is 27.8. The highest BCUT2D eigenvalue weighted by atomic mass is 19.1. The fourth-order valence-electron chi connectivity index (χ4n) is 4.23. The van der Waals surface area contributed by atoms with Crippen LogP contribution in [-0.2, 0) is 12.8 Å². The van der Waals surface area contributed by atoms with Crippen LogP contribution in [0.4, 0.5) is 8.78 Å². The lowest BCUT2D eigenvalue weighted by Crippen LogP contribution is -2.14. The van der Waals surface area contributed by atoms with E-state index in [2.05, 4.69) is 30.8 Å². The van der Waals surface area contributed by atoms with Gasteiger partial charge in [-0.1, -0.05) is 30.3 Å². The Bertz CT molecular complexity index is 817. The SMILES string of the molecule is C=CCCc1ccc(CCC2CCC(c3cc(F)c(C#N)c(F)c3)CC2)cc1. The van der Waals surface area contributed by atoms with E-state index in [1.807, 2.05) is 6.08 Å². The molecule has 0 aromatic heterocycles. The van der Waals surface area contributed by atoms with Gasteiger partial charge in [-0.25, -0.2) is 8.78 Å². The van der Waals surface area contributed by atoms with Crippen LogP contribution >= 0.6 is 0 Å². The van der Waals surface area contributed by atoms with Crippen molar-refractivity contribution in [2.45, 2.75) is 57.3 Å². The van der Waals surface area contributed by atoms with Crippen LogP contribution in [0.25, 0.3) is 0 Å². The third-order valence-corrected chi connectivity index (χ3v) is 6.00. The van der Waals surface area contributed by atoms with Crippen molar-refractivity contribution in [2.24, 2.45) is 5.92 Å². The Labute approximate surface area is 166 Å². The van der Waals surface area contributed by atoms with Crippen LogP contribution in [0, 0.1) is 28.9 Å². The molecular weight excluding hydrogens is 352 g/mol. The van der Waals surface area contributed by atoms with Crippen LogP contribution in [0.15, 0.2) is 49.1 Å². The Morgan fingerprint density at radius 2 is 1.54 bits per heavy atom. The van der Waals surface area contributed by atoms with Gasteiger partial charge in [0.2, 0.25) is 0 Å². The average Bonchev–Trinajstić information content (AvgIpc) is 2.71. The number of aryl methyl sites for hydroxylation is 2. The molecule has 1 saturated carbocycles. The van der Waals surface area contributed by atoms with Gasteiger partial charge in [0.15, 0.2) is 0 Å². The molecule has 1 aliphatic carbocycles. The molecular formula is C25H27F2N. The Morgan fingerprint density at radius 1 is 0.964 bits per heavy atom. The molecule has 146 valence electrons. The van der Waals surface area contributed by atoms with Gasteiger partial charge in [0, 0.05) is 0 Å². The standard InChI is InChI=1S/C25H27F2N/c1-2-3-4-18-5-7-19(8-6-18)9-10-20-11-13-21(14-12-20)22-15-24(26)23(17-28)25(27)16-22/h2,5-8,15-16,20-21H,1,3-4,9-14H2. The zero-order valence-electron chi connectivity index (χ0n) is 16.3. The van der Waals surface area contributed by atoms with E-state index in [-0.39, 0.29) is 5.92 Å². The van der Waals surface area contributed by atoms with E-state index in [0.717, 1.165) is 51.4 Å². The molecule has 1 nitrogen and oxygen atoms in total. The summed E-state index contributed by atoms with van der Waals surface area (Å²) in [6.07, 6.45) is 10.3. The number of nitrogens with zero attached hydrogens (tertiary/aromatic N) is 1. The lowest BCUT2D eigenvalue weighted by molar-refractivity contribution is 0.309. The Morgan fingerprint density at radius 3 is 2.07 bits per heavy atom. The highest BCUT2D eigenvalue weighted by Crippen LogP contribution is 2.38. The van der Waals surface area contributed by atoms with Crippen molar-refractivity contribution in [2.75, 3.05) is 0 Å². The molecule has 0 radical (unpaired) electrons. The van der Waals surface area contributed by atoms with Gasteiger partial charge in [-0.3, -0.25) is 0 Å². The van der Waals surface area contributed by atoms with E-state index in [1.54, 1.807) is 6.07 Å². The number of benzene rings is 2. The Kier molecular flexibility index (Phi) is 6.98. The van der Waals surface area contributed by atoms with E-state index in [9.17, 15) is 8.78 Å². The van der Waals surface area contributed by atoms with Gasteiger partial charge in [-0.05, 0) is 92.0 Å². The summed E-state index contributed by atoms with van der Waals surface area (Å²) in [5, 5.41) is 8.81. The first-order valence-corrected chi connectivity index (χ1v) is 10.2. The monoisotopic (exact) mass is 379 g/mol. The van der Waals surface area contributed by atoms with Gasteiger partial charge in [0.1, 0.15) is 23.3 Å². The van der Waals surface area contributed by atoms with Crippen molar-refractivity contribution in [1.82, 2.24) is 0 Å². The number of nitriles is 1. The summed E-state index contributed by atoms with van der Waals surface area (Å²) in [6.45, 7) is 3.77. The fraction of sp³-hybridized carbons (Fsp3) is 0.400. The van der Waals surface area contributed by atoms with Crippen LogP contribution in [0.3, 0.4) is 0 Å². The molecule has 0 aliphatic heterocycles. The number of hydrogen-bond acceptors (Lipinski definition) is 1. The summed E-state index contributed by atoms with van der Waals surface area (Å²) in [5.41, 5.74) is 2.95. The molecule has 0 spiro atoms. The zero-order chi connectivity index (χ0) is 19.9. The molecule has 0 amide bonds. The second-order valence-electron chi connectivity index (χ2n) is 7.87. The molecule has 0 saturated heterocycles. The molecule has 3 heteroatoms. The van der Waals surface area contributed by atoms with Gasteiger partial charge in [-0.15, -0.1) is 6.58 Å². The van der Waals surface area contributed by atoms with Gasteiger partial charge in [0.25, 0.3) is 0 Å². The summed E-state index contributed by atoms with van der Waals surface area (Å²) in [7, 11) is 0. The number of halogens is 2. The van der Waals surface area contributed by atoms with Crippen molar-refractivity contribution >= 4 is 0 Å². The first-order chi connectivity index (χ1) is 13.6. The number of hydrogen-bond donors (Lipinski definition) is 0. The molecule has 0 heterocycles. The molecule has 0 atom stereocenters. The van der Waals surface area contributed by atoms with Gasteiger partial charge in [-0.2, -0.15) is 5.26 Å². The first-order valence-electron chi connectivity index (χ1n) is 10.2. The van der Waals surface area contributed by atoms with Crippen molar-refractivity contribution in [3.63, 3.8) is 0 Å². The van der Waals surface area contributed by atoms with Crippen LogP contribution in [-0.4, -0.2) is 0 Å². The molecule has 1 aliphatic rings. The van der Waals surface area contributed by atoms with Crippen molar-refractivity contribution in [1.29, 1.82) is 5.26 Å². The molecule has 2 aromatic carbocycles. The Balaban J connectivity index is 1.49. The fourth-order valence-corrected chi connectivity index (χ4v) is 4.23. The summed E-state index contributed by atoms with van der Waals surface area (Å²) in [5.74, 6) is -0.616. The van der Waals surface area contributed by atoms with Crippen molar-refractivity contribution < 1.29 is 8.78 Å². The summed E-state index contributed by atoms with van der Waals surface area (Å²) >= 11 is 0. The van der Waals surface area contributed by atoms with E-state index in [0.29, 0.717) is 11.5 Å². The van der Waals surface area contributed by atoms with Crippen LogP contribution in [0.1, 0.15) is 66.7 Å². The first kappa shape index (κ1) is 20.3. The highest BCUT2D eigenvalue weighted by Gasteiger charge is 2.24. The quantitative estimate of drug-likeness (QED) is 0.482. The molecule has 28 heavy (non-hydrogen) atoms. The second-order valence-corrected chi connectivity index (χ2v) is 7.87. The summed E-state index contributed by atoms with van der Waals surface area (Å²) in [4.78, 5) is 0. The Hall–Kier alpha value is -2.47. The minimum atomic E-state index is -0.740. The van der Waals surface area contributed by atoms with Crippen LogP contribution < -0.4 is 0 Å². The molecule has 0 unspecified atom stereocenters. The van der Waals surface area contributed by atoms with E-state index in [1.165, 1.54) is 23.3 Å². The maximum atomic E-state index is 13.9. The number of allylic oxidation sites excluding steroid dienone is 1. The maximum Gasteiger partial charge on any atom is 0.144 e. The number of rotatable bonds is 7. The van der Waals surface area contributed by atoms with Crippen LogP contribution in [0.5, 0.6) is 0 Å². The smallest absolute Gasteiger partial charge is 0.144 e. The molecule has 2 aromatic rings. The van der Waals surface area contributed by atoms with Crippen molar-refractivity contribution in [3.05, 3.63) is 82.9 Å². The average molecular weight is 379 g/mol. The third kappa shape index (κ3) is 5.07. The van der Waals surface area contributed by atoms with E-state index in [4.69, 9.17) is 5.26 Å². The maximum absolute atomic E-state index is 13.9. The lowest BCUT2D eigenvalue weighted by atomic mass is 9.76. The zero-order valence-corrected chi connectivity index (χ0v) is 16.3. The molecule has 0 bridgehead atoms. The van der Waals surface area contributed by atoms with Crippen LogP contribution in [0.2, 0.25) is 0 Å². The van der Waals surface area contributed by atoms with Gasteiger partial charge < -0.3 is 0 Å². The third-order valence-electron chi connectivity index (χ3n) is 6.00. The minimum absolute atomic E-state index is 0.192. The summed E-state index contributed by atoms with van der Waals surface area (Å²) in [6, 6.07) is 13.2. The molecule has 0 N–H and O–H groups in total. The van der Waals surface area contributed by atoms with E-state index < -0.39 is 17.2 Å². The van der Waals surface area contributed by atoms with Crippen molar-refractivity contribution in [3.8, 4) is 6.07 Å². The lowest BCUT2D eigenvalue weighted by Gasteiger charge is -2.29. The normalized spacial score (nSPS) is 19.2. The largest absolute Gasteiger partial charge is 0.205 e. The molecule has 3 rings (SSSR count). The highest BCUT2D eigenvalue weighted by molar-refractivity contribution is 5.36. The van der Waals surface area contributed by atoms with E-state index >= 15 is 0 Å². The van der Waals surface area contributed by atoms with Gasteiger partial charge >= 0.3 is 0 Å². The second kappa shape index (κ2) is 9.64. The topological polar surface area (TPSA) is 23.8 Å².